The number of allylic oxidation sites excluding steroid dienone is 1. The van der Waals surface area contributed by atoms with Gasteiger partial charge < -0.3 is 10.6 Å². The number of rotatable bonds is 4. The molecule has 0 aliphatic carbocycles. The minimum Gasteiger partial charge on any atom is -0.394 e. The van der Waals surface area contributed by atoms with Gasteiger partial charge in [-0.15, -0.1) is 0 Å². The molecule has 1 heterocycles. The third-order valence-electron chi connectivity index (χ3n) is 2.98. The number of nitrogens with one attached hydrogen (secondary N) is 1. The fourth-order valence-electron chi connectivity index (χ4n) is 2.14. The SMILES string of the molecule is CC/C=C(\C)C1(CCC)C(=O)[N-]C(=O)NC1=O.[Na+]. The van der Waals surface area contributed by atoms with Crippen LogP contribution in [0.4, 0.5) is 4.79 Å². The zero-order chi connectivity index (χ0) is 13.1. The first-order chi connectivity index (χ1) is 7.98. The molecule has 1 fully saturated rings. The van der Waals surface area contributed by atoms with Crippen LogP contribution in [0.1, 0.15) is 40.0 Å². The molecular formula is C12H17N2NaO3. The number of amides is 4. The first-order valence-electron chi connectivity index (χ1n) is 5.77. The number of barbiturate groups is 1. The Hall–Kier alpha value is -0.650. The van der Waals surface area contributed by atoms with Gasteiger partial charge in [0.05, 0.1) is 0 Å². The van der Waals surface area contributed by atoms with Crippen molar-refractivity contribution in [3.63, 3.8) is 0 Å². The zero-order valence-corrected chi connectivity index (χ0v) is 13.4. The molecule has 0 aromatic heterocycles. The molecule has 0 saturated carbocycles. The normalized spacial score (nSPS) is 24.2. The van der Waals surface area contributed by atoms with E-state index in [9.17, 15) is 14.4 Å². The second-order valence-corrected chi connectivity index (χ2v) is 4.13. The molecule has 94 valence electrons. The van der Waals surface area contributed by atoms with E-state index in [1.165, 1.54) is 0 Å². The van der Waals surface area contributed by atoms with Crippen LogP contribution in [0.25, 0.3) is 5.32 Å². The summed E-state index contributed by atoms with van der Waals surface area (Å²) in [5.74, 6) is -1.19. The molecule has 1 atom stereocenters. The van der Waals surface area contributed by atoms with E-state index < -0.39 is 23.3 Å². The summed E-state index contributed by atoms with van der Waals surface area (Å²) in [5.41, 5.74) is -0.612. The molecule has 0 spiro atoms. The zero-order valence-electron chi connectivity index (χ0n) is 11.4. The quantitative estimate of drug-likeness (QED) is 0.412. The van der Waals surface area contributed by atoms with Crippen LogP contribution in [0.15, 0.2) is 11.6 Å². The van der Waals surface area contributed by atoms with Crippen molar-refractivity contribution in [2.75, 3.05) is 0 Å². The molecule has 5 nitrogen and oxygen atoms in total. The number of nitrogens with zero attached hydrogens (tertiary/aromatic N) is 1. The summed E-state index contributed by atoms with van der Waals surface area (Å²) in [7, 11) is 0. The number of hydrogen-bond acceptors (Lipinski definition) is 3. The van der Waals surface area contributed by atoms with Gasteiger partial charge in [0, 0.05) is 0 Å². The fourth-order valence-corrected chi connectivity index (χ4v) is 2.14. The maximum atomic E-state index is 12.0. The number of carbonyl (C=O) groups is 3. The van der Waals surface area contributed by atoms with Gasteiger partial charge in [0.25, 0.3) is 0 Å². The number of urea groups is 1. The van der Waals surface area contributed by atoms with E-state index in [4.69, 9.17) is 0 Å². The monoisotopic (exact) mass is 260 g/mol. The Morgan fingerprint density at radius 1 is 1.33 bits per heavy atom. The van der Waals surface area contributed by atoms with Crippen molar-refractivity contribution in [3.8, 4) is 0 Å². The standard InChI is InChI=1S/C12H18N2O3.Na/c1-4-6-8(3)12(7-5-2)9(15)13-11(17)14-10(12)16;/h6H,4-5,7H2,1-3H3,(H2,13,14,15,16,17);/q;+1/p-1/b8-6+;. The summed E-state index contributed by atoms with van der Waals surface area (Å²) in [5, 5.41) is 5.48. The maximum Gasteiger partial charge on any atom is 1.00 e. The second kappa shape index (κ2) is 7.07. The van der Waals surface area contributed by atoms with Gasteiger partial charge in [-0.05, 0) is 19.8 Å². The number of imide groups is 2. The predicted octanol–water partition coefficient (Wildman–Crippen LogP) is -0.717. The Balaban J connectivity index is 0.00000289. The molecule has 1 rings (SSSR count). The Morgan fingerprint density at radius 2 is 1.94 bits per heavy atom. The Kier molecular flexibility index (Phi) is 6.81. The summed E-state index contributed by atoms with van der Waals surface area (Å²) in [4.78, 5) is 35.0. The van der Waals surface area contributed by atoms with Crippen molar-refractivity contribution in [1.29, 1.82) is 0 Å². The Bertz CT molecular complexity index is 371. The molecule has 4 amide bonds. The first kappa shape index (κ1) is 17.4. The molecule has 0 aromatic carbocycles. The number of carbonyl (C=O) groups excluding carboxylic acids is 3. The minimum atomic E-state index is -1.28. The van der Waals surface area contributed by atoms with Crippen LogP contribution in [-0.2, 0) is 9.59 Å². The molecule has 0 bridgehead atoms. The van der Waals surface area contributed by atoms with Crippen LogP contribution in [-0.4, -0.2) is 17.8 Å². The van der Waals surface area contributed by atoms with E-state index >= 15 is 0 Å². The smallest absolute Gasteiger partial charge is 0.394 e. The van der Waals surface area contributed by atoms with Crippen molar-refractivity contribution in [1.82, 2.24) is 5.32 Å². The molecule has 1 aliphatic rings. The topological polar surface area (TPSA) is 77.3 Å². The van der Waals surface area contributed by atoms with Crippen LogP contribution in [0.2, 0.25) is 0 Å². The van der Waals surface area contributed by atoms with E-state index in [0.29, 0.717) is 18.4 Å². The Morgan fingerprint density at radius 3 is 2.39 bits per heavy atom. The van der Waals surface area contributed by atoms with E-state index in [1.54, 1.807) is 6.92 Å². The van der Waals surface area contributed by atoms with E-state index in [0.717, 1.165) is 6.42 Å². The van der Waals surface area contributed by atoms with Gasteiger partial charge in [-0.1, -0.05) is 31.9 Å². The first-order valence-corrected chi connectivity index (χ1v) is 5.77. The largest absolute Gasteiger partial charge is 1.00 e. The molecule has 1 aliphatic heterocycles. The van der Waals surface area contributed by atoms with Gasteiger partial charge in [0.2, 0.25) is 0 Å². The van der Waals surface area contributed by atoms with Gasteiger partial charge in [-0.3, -0.25) is 14.4 Å². The summed E-state index contributed by atoms with van der Waals surface area (Å²) in [6.45, 7) is 5.55. The van der Waals surface area contributed by atoms with Gasteiger partial charge in [-0.25, -0.2) is 0 Å². The molecular weight excluding hydrogens is 243 g/mol. The van der Waals surface area contributed by atoms with Crippen LogP contribution in [0, 0.1) is 5.41 Å². The second-order valence-electron chi connectivity index (χ2n) is 4.13. The molecule has 18 heavy (non-hydrogen) atoms. The van der Waals surface area contributed by atoms with E-state index in [-0.39, 0.29) is 29.6 Å². The summed E-state index contributed by atoms with van der Waals surface area (Å²) in [6, 6.07) is -0.865. The van der Waals surface area contributed by atoms with Crippen molar-refractivity contribution < 1.29 is 43.9 Å². The molecule has 6 heteroatoms. The van der Waals surface area contributed by atoms with Crippen LogP contribution < -0.4 is 34.9 Å². The van der Waals surface area contributed by atoms with Gasteiger partial charge in [-0.2, -0.15) is 0 Å². The van der Waals surface area contributed by atoms with Crippen molar-refractivity contribution in [2.45, 2.75) is 40.0 Å². The van der Waals surface area contributed by atoms with Crippen molar-refractivity contribution >= 4 is 17.8 Å². The molecule has 0 radical (unpaired) electrons. The summed E-state index contributed by atoms with van der Waals surface area (Å²) < 4.78 is 0. The average Bonchev–Trinajstić information content (AvgIpc) is 2.23. The maximum absolute atomic E-state index is 12.0. The Labute approximate surface area is 129 Å². The van der Waals surface area contributed by atoms with Crippen LogP contribution in [0.3, 0.4) is 0 Å². The average molecular weight is 260 g/mol. The third kappa shape index (κ3) is 3.02. The minimum absolute atomic E-state index is 0. The predicted molar refractivity (Wildman–Crippen MR) is 63.3 cm³/mol. The van der Waals surface area contributed by atoms with Gasteiger partial charge in [0.1, 0.15) is 5.41 Å². The fraction of sp³-hybridized carbons (Fsp3) is 0.583. The summed E-state index contributed by atoms with van der Waals surface area (Å²) >= 11 is 0. The van der Waals surface area contributed by atoms with E-state index in [1.807, 2.05) is 19.9 Å². The molecule has 0 aromatic rings. The third-order valence-corrected chi connectivity index (χ3v) is 2.98. The van der Waals surface area contributed by atoms with Crippen molar-refractivity contribution in [3.05, 3.63) is 17.0 Å². The van der Waals surface area contributed by atoms with Gasteiger partial charge in [0.15, 0.2) is 17.8 Å². The molecule has 1 saturated heterocycles. The summed E-state index contributed by atoms with van der Waals surface area (Å²) in [6.07, 6.45) is 3.60. The van der Waals surface area contributed by atoms with Crippen molar-refractivity contribution in [2.24, 2.45) is 5.41 Å². The van der Waals surface area contributed by atoms with E-state index in [2.05, 4.69) is 10.6 Å². The van der Waals surface area contributed by atoms with Gasteiger partial charge >= 0.3 is 29.6 Å². The molecule has 1 unspecified atom stereocenters. The van der Waals surface area contributed by atoms with Crippen LogP contribution in [0.5, 0.6) is 0 Å². The molecule has 1 N–H and O–H groups in total. The number of hydrogen-bond donors (Lipinski definition) is 1. The van der Waals surface area contributed by atoms with Crippen LogP contribution >= 0.6 is 0 Å².